The van der Waals surface area contributed by atoms with Crippen LogP contribution in [0.3, 0.4) is 0 Å². The molecule has 1 aliphatic heterocycles. The Morgan fingerprint density at radius 1 is 1.28 bits per heavy atom. The highest BCUT2D eigenvalue weighted by molar-refractivity contribution is 5.49. The highest BCUT2D eigenvalue weighted by Gasteiger charge is 2.16. The van der Waals surface area contributed by atoms with E-state index in [1.54, 1.807) is 0 Å². The summed E-state index contributed by atoms with van der Waals surface area (Å²) in [6.45, 7) is 6.27. The molecule has 3 N–H and O–H groups in total. The predicted octanol–water partition coefficient (Wildman–Crippen LogP) is 0.467. The number of nitrogens with two attached hydrogens (primary N) is 1. The molecule has 0 unspecified atom stereocenters. The van der Waals surface area contributed by atoms with Crippen LogP contribution in [0.5, 0.6) is 0 Å². The van der Waals surface area contributed by atoms with Crippen molar-refractivity contribution in [1.82, 2.24) is 14.9 Å². The Kier molecular flexibility index (Phi) is 4.33. The Hall–Kier alpha value is -1.40. The molecule has 1 aromatic heterocycles. The molecule has 0 amide bonds. The summed E-state index contributed by atoms with van der Waals surface area (Å²) in [5, 5.41) is 0. The second kappa shape index (κ2) is 5.97. The van der Waals surface area contributed by atoms with Gasteiger partial charge in [-0.3, -0.25) is 0 Å². The zero-order chi connectivity index (χ0) is 13.0. The number of hydrogen-bond donors (Lipinski definition) is 2. The van der Waals surface area contributed by atoms with Gasteiger partial charge in [0.05, 0.1) is 0 Å². The Labute approximate surface area is 108 Å². The third kappa shape index (κ3) is 3.08. The first-order valence-electron chi connectivity index (χ1n) is 6.51. The minimum absolute atomic E-state index is 0.697. The summed E-state index contributed by atoms with van der Waals surface area (Å²) in [6, 6.07) is 1.92. The van der Waals surface area contributed by atoms with Gasteiger partial charge in [0.15, 0.2) is 0 Å². The van der Waals surface area contributed by atoms with Crippen molar-refractivity contribution in [2.75, 3.05) is 43.6 Å². The molecule has 2 rings (SSSR count). The molecule has 1 aromatic rings. The largest absolute Gasteiger partial charge is 0.354 e. The second-order valence-electron chi connectivity index (χ2n) is 4.71. The number of nitrogens with one attached hydrogen (secondary N) is 1. The van der Waals surface area contributed by atoms with Crippen LogP contribution in [0.2, 0.25) is 0 Å². The van der Waals surface area contributed by atoms with Crippen molar-refractivity contribution in [2.45, 2.75) is 19.8 Å². The van der Waals surface area contributed by atoms with Crippen LogP contribution in [-0.2, 0) is 6.42 Å². The summed E-state index contributed by atoms with van der Waals surface area (Å²) in [6.07, 6.45) is 1.92. The highest BCUT2D eigenvalue weighted by Crippen LogP contribution is 2.17. The molecular weight excluding hydrogens is 228 g/mol. The molecule has 0 radical (unpaired) electrons. The molecule has 2 heterocycles. The summed E-state index contributed by atoms with van der Waals surface area (Å²) in [5.41, 5.74) is 2.63. The van der Waals surface area contributed by atoms with E-state index >= 15 is 0 Å². The molecule has 0 aromatic carbocycles. The Balaban J connectivity index is 2.17. The summed E-state index contributed by atoms with van der Waals surface area (Å²) >= 11 is 0. The van der Waals surface area contributed by atoms with Crippen LogP contribution in [0.15, 0.2) is 6.07 Å². The quantitative estimate of drug-likeness (QED) is 0.598. The first kappa shape index (κ1) is 13.0. The Morgan fingerprint density at radius 3 is 2.61 bits per heavy atom. The average Bonchev–Trinajstić information content (AvgIpc) is 2.39. The van der Waals surface area contributed by atoms with Crippen LogP contribution in [0, 0.1) is 0 Å². The number of hydrogen-bond acceptors (Lipinski definition) is 6. The monoisotopic (exact) mass is 250 g/mol. The molecule has 6 heteroatoms. The van der Waals surface area contributed by atoms with E-state index in [4.69, 9.17) is 5.84 Å². The molecule has 6 nitrogen and oxygen atoms in total. The van der Waals surface area contributed by atoms with E-state index < -0.39 is 0 Å². The molecule has 1 saturated heterocycles. The summed E-state index contributed by atoms with van der Waals surface area (Å²) < 4.78 is 0. The number of aromatic nitrogens is 2. The Morgan fingerprint density at radius 2 is 2.00 bits per heavy atom. The van der Waals surface area contributed by atoms with E-state index in [9.17, 15) is 0 Å². The number of piperazine rings is 1. The lowest BCUT2D eigenvalue weighted by atomic mass is 10.3. The fraction of sp³-hybridized carbons (Fsp3) is 0.667. The third-order valence-electron chi connectivity index (χ3n) is 3.21. The van der Waals surface area contributed by atoms with Crippen molar-refractivity contribution in [3.63, 3.8) is 0 Å². The Bertz CT molecular complexity index is 386. The van der Waals surface area contributed by atoms with Gasteiger partial charge in [-0.2, -0.15) is 0 Å². The lowest BCUT2D eigenvalue weighted by Crippen LogP contribution is -2.45. The van der Waals surface area contributed by atoms with E-state index in [0.717, 1.165) is 50.7 Å². The molecule has 0 bridgehead atoms. The third-order valence-corrected chi connectivity index (χ3v) is 3.21. The first-order chi connectivity index (χ1) is 8.72. The zero-order valence-corrected chi connectivity index (χ0v) is 11.2. The smallest absolute Gasteiger partial charge is 0.145 e. The number of rotatable bonds is 4. The molecule has 18 heavy (non-hydrogen) atoms. The van der Waals surface area contributed by atoms with Gasteiger partial charge in [0.25, 0.3) is 0 Å². The van der Waals surface area contributed by atoms with Gasteiger partial charge in [-0.05, 0) is 13.5 Å². The molecular formula is C12H22N6. The number of hydrazine groups is 1. The number of nitrogens with zero attached hydrogens (tertiary/aromatic N) is 4. The van der Waals surface area contributed by atoms with E-state index in [1.807, 2.05) is 6.07 Å². The molecule has 0 spiro atoms. The van der Waals surface area contributed by atoms with Crippen molar-refractivity contribution in [3.05, 3.63) is 11.9 Å². The van der Waals surface area contributed by atoms with Crippen molar-refractivity contribution in [2.24, 2.45) is 5.84 Å². The fourth-order valence-electron chi connectivity index (χ4n) is 2.09. The highest BCUT2D eigenvalue weighted by atomic mass is 15.3. The van der Waals surface area contributed by atoms with Gasteiger partial charge in [0.2, 0.25) is 0 Å². The van der Waals surface area contributed by atoms with Gasteiger partial charge < -0.3 is 15.2 Å². The van der Waals surface area contributed by atoms with Gasteiger partial charge in [0.1, 0.15) is 17.5 Å². The summed E-state index contributed by atoms with van der Waals surface area (Å²) in [5.74, 6) is 8.01. The van der Waals surface area contributed by atoms with Crippen molar-refractivity contribution >= 4 is 11.6 Å². The maximum atomic E-state index is 5.47. The van der Waals surface area contributed by atoms with E-state index in [0.29, 0.717) is 5.82 Å². The minimum atomic E-state index is 0.697. The minimum Gasteiger partial charge on any atom is -0.354 e. The molecule has 1 fully saturated rings. The van der Waals surface area contributed by atoms with Crippen molar-refractivity contribution in [1.29, 1.82) is 0 Å². The van der Waals surface area contributed by atoms with E-state index in [1.165, 1.54) is 0 Å². The van der Waals surface area contributed by atoms with Crippen LogP contribution < -0.4 is 16.2 Å². The van der Waals surface area contributed by atoms with E-state index in [-0.39, 0.29) is 0 Å². The lowest BCUT2D eigenvalue weighted by Gasteiger charge is -2.33. The standard InChI is InChI=1S/C12H22N6/c1-3-4-10-14-11(16-13)9-12(15-10)18-7-5-17(2)6-8-18/h9H,3-8,13H2,1-2H3,(H,14,15,16). The van der Waals surface area contributed by atoms with Crippen LogP contribution in [0.1, 0.15) is 19.2 Å². The SMILES string of the molecule is CCCc1nc(NN)cc(N2CCN(C)CC2)n1. The van der Waals surface area contributed by atoms with E-state index in [2.05, 4.69) is 39.2 Å². The number of aryl methyl sites for hydroxylation is 1. The number of anilines is 2. The van der Waals surface area contributed by atoms with Crippen LogP contribution in [-0.4, -0.2) is 48.1 Å². The zero-order valence-electron chi connectivity index (χ0n) is 11.2. The molecule has 0 atom stereocenters. The van der Waals surface area contributed by atoms with Crippen molar-refractivity contribution < 1.29 is 0 Å². The molecule has 1 aliphatic rings. The normalized spacial score (nSPS) is 16.9. The van der Waals surface area contributed by atoms with Gasteiger partial charge in [-0.25, -0.2) is 15.8 Å². The average molecular weight is 250 g/mol. The van der Waals surface area contributed by atoms with Gasteiger partial charge in [-0.1, -0.05) is 6.92 Å². The van der Waals surface area contributed by atoms with Crippen molar-refractivity contribution in [3.8, 4) is 0 Å². The lowest BCUT2D eigenvalue weighted by molar-refractivity contribution is 0.312. The fourth-order valence-corrected chi connectivity index (χ4v) is 2.09. The second-order valence-corrected chi connectivity index (χ2v) is 4.71. The first-order valence-corrected chi connectivity index (χ1v) is 6.51. The number of likely N-dealkylation sites (N-methyl/N-ethyl adjacent to an activating group) is 1. The van der Waals surface area contributed by atoms with Crippen LogP contribution in [0.25, 0.3) is 0 Å². The van der Waals surface area contributed by atoms with Gasteiger partial charge in [-0.15, -0.1) is 0 Å². The maximum absolute atomic E-state index is 5.47. The predicted molar refractivity (Wildman–Crippen MR) is 73.5 cm³/mol. The number of nitrogen functional groups attached to an aromatic ring is 1. The molecule has 0 aliphatic carbocycles. The van der Waals surface area contributed by atoms with Gasteiger partial charge in [0, 0.05) is 38.7 Å². The summed E-state index contributed by atoms with van der Waals surface area (Å²) in [7, 11) is 2.15. The maximum Gasteiger partial charge on any atom is 0.145 e. The van der Waals surface area contributed by atoms with Crippen LogP contribution >= 0.6 is 0 Å². The molecule has 0 saturated carbocycles. The van der Waals surface area contributed by atoms with Crippen LogP contribution in [0.4, 0.5) is 11.6 Å². The topological polar surface area (TPSA) is 70.3 Å². The molecule has 100 valence electrons. The summed E-state index contributed by atoms with van der Waals surface area (Å²) in [4.78, 5) is 13.6. The van der Waals surface area contributed by atoms with Gasteiger partial charge >= 0.3 is 0 Å².